The van der Waals surface area contributed by atoms with E-state index < -0.39 is 15.0 Å². The second kappa shape index (κ2) is 4.03. The first-order valence-electron chi connectivity index (χ1n) is 4.16. The lowest BCUT2D eigenvalue weighted by Gasteiger charge is -2.06. The Labute approximate surface area is 87.2 Å². The van der Waals surface area contributed by atoms with E-state index in [4.69, 9.17) is 4.55 Å². The average Bonchev–Trinajstić information content (AvgIpc) is 2.50. The predicted molar refractivity (Wildman–Crippen MR) is 52.5 cm³/mol. The molecule has 0 amide bonds. The molecular formula is C8H11NO5S. The van der Waals surface area contributed by atoms with Crippen molar-refractivity contribution in [3.63, 3.8) is 0 Å². The van der Waals surface area contributed by atoms with Crippen molar-refractivity contribution in [3.8, 4) is 0 Å². The van der Waals surface area contributed by atoms with Crippen LogP contribution < -0.4 is 0 Å². The molecule has 0 aliphatic carbocycles. The van der Waals surface area contributed by atoms with E-state index in [1.807, 2.05) is 0 Å². The van der Waals surface area contributed by atoms with Gasteiger partial charge in [-0.25, -0.2) is 4.74 Å². The summed E-state index contributed by atoms with van der Waals surface area (Å²) in [7, 11) is -4.35. The Morgan fingerprint density at radius 1 is 1.53 bits per heavy atom. The highest BCUT2D eigenvalue weighted by atomic mass is 32.2. The molecule has 0 saturated heterocycles. The second-order valence-corrected chi connectivity index (χ2v) is 4.64. The largest absolute Gasteiger partial charge is 0.624 e. The van der Waals surface area contributed by atoms with E-state index in [1.165, 1.54) is 0 Å². The molecule has 7 heteroatoms. The van der Waals surface area contributed by atoms with Crippen molar-refractivity contribution in [2.45, 2.75) is 24.8 Å². The zero-order chi connectivity index (χ0) is 11.6. The minimum absolute atomic E-state index is 0.0289. The third-order valence-corrected chi connectivity index (χ3v) is 2.60. The van der Waals surface area contributed by atoms with Crippen molar-refractivity contribution in [2.75, 3.05) is 0 Å². The Bertz CT molecular complexity index is 471. The fraction of sp³-hybridized carbons (Fsp3) is 0.375. The van der Waals surface area contributed by atoms with E-state index in [0.717, 1.165) is 18.7 Å². The summed E-state index contributed by atoms with van der Waals surface area (Å²) >= 11 is 0. The molecule has 1 aromatic rings. The van der Waals surface area contributed by atoms with Gasteiger partial charge in [0.25, 0.3) is 10.1 Å². The van der Waals surface area contributed by atoms with Crippen LogP contribution in [0.2, 0.25) is 0 Å². The molecular weight excluding hydrogens is 222 g/mol. The van der Waals surface area contributed by atoms with Crippen LogP contribution in [-0.4, -0.2) is 30.0 Å². The van der Waals surface area contributed by atoms with Gasteiger partial charge in [0, 0.05) is 0 Å². The van der Waals surface area contributed by atoms with Crippen molar-refractivity contribution in [3.05, 3.63) is 23.3 Å². The summed E-state index contributed by atoms with van der Waals surface area (Å²) in [4.78, 5) is -0.413. The van der Waals surface area contributed by atoms with Crippen molar-refractivity contribution >= 4 is 16.3 Å². The zero-order valence-corrected chi connectivity index (χ0v) is 9.06. The van der Waals surface area contributed by atoms with Gasteiger partial charge in [0.2, 0.25) is 0 Å². The Hall–Kier alpha value is -1.34. The van der Waals surface area contributed by atoms with E-state index in [1.54, 1.807) is 13.8 Å². The summed E-state index contributed by atoms with van der Waals surface area (Å²) in [6.45, 7) is 3.30. The summed E-state index contributed by atoms with van der Waals surface area (Å²) in [5.41, 5.74) is 0.0289. The summed E-state index contributed by atoms with van der Waals surface area (Å²) in [6.07, 6.45) is 3.00. The maximum atomic E-state index is 11.2. The van der Waals surface area contributed by atoms with Crippen molar-refractivity contribution in [1.82, 2.24) is 0 Å². The molecule has 0 aliphatic rings. The highest BCUT2D eigenvalue weighted by Gasteiger charge is 2.19. The number of hydrogen-bond acceptors (Lipinski definition) is 4. The molecule has 1 aromatic heterocycles. The number of hydroxylamine groups is 1. The number of hydrogen-bond donors (Lipinski definition) is 1. The molecule has 1 rings (SSSR count). The minimum Gasteiger partial charge on any atom is -0.624 e. The molecule has 84 valence electrons. The summed E-state index contributed by atoms with van der Waals surface area (Å²) < 4.78 is 35.6. The number of rotatable bonds is 3. The maximum Gasteiger partial charge on any atom is 0.298 e. The van der Waals surface area contributed by atoms with Gasteiger partial charge in [-0.1, -0.05) is 0 Å². The third kappa shape index (κ3) is 2.80. The van der Waals surface area contributed by atoms with Crippen LogP contribution in [0, 0.1) is 5.21 Å². The molecule has 0 spiro atoms. The first-order chi connectivity index (χ1) is 6.82. The SMILES string of the molecule is CC(C)[N+]([O-])=Cc1cocc1S(=O)(=O)O. The van der Waals surface area contributed by atoms with Gasteiger partial charge >= 0.3 is 0 Å². The number of furan rings is 1. The van der Waals surface area contributed by atoms with Crippen LogP contribution in [-0.2, 0) is 10.1 Å². The first-order valence-corrected chi connectivity index (χ1v) is 5.60. The standard InChI is InChI=1S/C8H11NO5S/c1-6(2)9(10)3-7-4-14-5-8(7)15(11,12)13/h3-6H,1-2H3,(H,11,12,13). The molecule has 1 heterocycles. The van der Waals surface area contributed by atoms with E-state index in [0.29, 0.717) is 4.74 Å². The minimum atomic E-state index is -4.35. The predicted octanol–water partition coefficient (Wildman–Crippen LogP) is 0.864. The van der Waals surface area contributed by atoms with Crippen LogP contribution in [0.4, 0.5) is 0 Å². The lowest BCUT2D eigenvalue weighted by atomic mass is 10.3. The highest BCUT2D eigenvalue weighted by molar-refractivity contribution is 7.86. The Balaban J connectivity index is 3.19. The average molecular weight is 233 g/mol. The van der Waals surface area contributed by atoms with Gasteiger partial charge < -0.3 is 9.62 Å². The molecule has 0 saturated carbocycles. The first kappa shape index (κ1) is 11.7. The van der Waals surface area contributed by atoms with Crippen molar-refractivity contribution in [1.29, 1.82) is 0 Å². The molecule has 0 radical (unpaired) electrons. The topological polar surface area (TPSA) is 93.6 Å². The van der Waals surface area contributed by atoms with Gasteiger partial charge in [-0.2, -0.15) is 8.42 Å². The van der Waals surface area contributed by atoms with Crippen LogP contribution >= 0.6 is 0 Å². The van der Waals surface area contributed by atoms with E-state index in [9.17, 15) is 13.6 Å². The van der Waals surface area contributed by atoms with Gasteiger partial charge in [0.15, 0.2) is 12.3 Å². The lowest BCUT2D eigenvalue weighted by molar-refractivity contribution is -0.487. The van der Waals surface area contributed by atoms with Crippen LogP contribution in [0.5, 0.6) is 0 Å². The quantitative estimate of drug-likeness (QED) is 0.275. The van der Waals surface area contributed by atoms with Gasteiger partial charge in [0.05, 0.1) is 5.56 Å². The van der Waals surface area contributed by atoms with Crippen LogP contribution in [0.15, 0.2) is 21.8 Å². The van der Waals surface area contributed by atoms with E-state index >= 15 is 0 Å². The fourth-order valence-corrected chi connectivity index (χ4v) is 1.46. The second-order valence-electron chi connectivity index (χ2n) is 3.25. The van der Waals surface area contributed by atoms with Crippen LogP contribution in [0.1, 0.15) is 19.4 Å². The van der Waals surface area contributed by atoms with Gasteiger partial charge in [-0.15, -0.1) is 0 Å². The van der Waals surface area contributed by atoms with Crippen LogP contribution in [0.3, 0.4) is 0 Å². The molecule has 0 aliphatic heterocycles. The van der Waals surface area contributed by atoms with Gasteiger partial charge in [-0.05, 0) is 13.8 Å². The van der Waals surface area contributed by atoms with Gasteiger partial charge in [0.1, 0.15) is 17.4 Å². The number of nitrogens with zero attached hydrogens (tertiary/aromatic N) is 1. The maximum absolute atomic E-state index is 11.2. The molecule has 1 N–H and O–H groups in total. The molecule has 6 nitrogen and oxygen atoms in total. The summed E-state index contributed by atoms with van der Waals surface area (Å²) in [6, 6.07) is -0.325. The highest BCUT2D eigenvalue weighted by Crippen LogP contribution is 2.14. The molecule has 15 heavy (non-hydrogen) atoms. The third-order valence-electron chi connectivity index (χ3n) is 1.71. The van der Waals surface area contributed by atoms with E-state index in [2.05, 4.69) is 4.42 Å². The molecule has 0 aromatic carbocycles. The van der Waals surface area contributed by atoms with Crippen molar-refractivity contribution < 1.29 is 22.1 Å². The Kier molecular flexibility index (Phi) is 3.15. The van der Waals surface area contributed by atoms with Gasteiger partial charge in [-0.3, -0.25) is 4.55 Å². The molecule has 0 atom stereocenters. The Morgan fingerprint density at radius 2 is 2.13 bits per heavy atom. The fourth-order valence-electron chi connectivity index (χ4n) is 0.885. The summed E-state index contributed by atoms with van der Waals surface area (Å²) in [5, 5.41) is 11.2. The zero-order valence-electron chi connectivity index (χ0n) is 8.25. The van der Waals surface area contributed by atoms with Crippen molar-refractivity contribution in [2.24, 2.45) is 0 Å². The monoisotopic (exact) mass is 233 g/mol. The molecule has 0 unspecified atom stereocenters. The van der Waals surface area contributed by atoms with E-state index in [-0.39, 0.29) is 11.6 Å². The lowest BCUT2D eigenvalue weighted by Crippen LogP contribution is -2.15. The van der Waals surface area contributed by atoms with Crippen LogP contribution in [0.25, 0.3) is 0 Å². The molecule has 0 bridgehead atoms. The normalized spacial score (nSPS) is 13.5. The molecule has 0 fully saturated rings. The smallest absolute Gasteiger partial charge is 0.298 e. The Morgan fingerprint density at radius 3 is 2.60 bits per heavy atom. The summed E-state index contributed by atoms with van der Waals surface area (Å²) in [5.74, 6) is 0.